The lowest BCUT2D eigenvalue weighted by molar-refractivity contribution is -0.122. The molecule has 1 atom stereocenters. The monoisotopic (exact) mass is 420 g/mol. The van der Waals surface area contributed by atoms with Crippen LogP contribution in [0.5, 0.6) is 0 Å². The zero-order chi connectivity index (χ0) is 20.1. The minimum absolute atomic E-state index is 0.0383. The van der Waals surface area contributed by atoms with Crippen molar-refractivity contribution in [3.8, 4) is 0 Å². The van der Waals surface area contributed by atoms with Gasteiger partial charge in [-0.1, -0.05) is 41.9 Å². The summed E-state index contributed by atoms with van der Waals surface area (Å²) in [6.07, 6.45) is 4.89. The van der Waals surface area contributed by atoms with E-state index in [4.69, 9.17) is 11.6 Å². The van der Waals surface area contributed by atoms with Crippen LogP contribution in [0, 0.1) is 0 Å². The fraction of sp³-hybridized carbons (Fsp3) is 0.381. The zero-order valence-electron chi connectivity index (χ0n) is 15.9. The van der Waals surface area contributed by atoms with E-state index in [1.807, 2.05) is 12.1 Å². The van der Waals surface area contributed by atoms with Gasteiger partial charge >= 0.3 is 0 Å². The SMILES string of the molecule is CS(=O)(=O)N(CCCC(=O)N[C@@H]1CCCc2ccccc21)c1cccc(Cl)c1. The largest absolute Gasteiger partial charge is 0.349 e. The van der Waals surface area contributed by atoms with Gasteiger partial charge in [-0.05, 0) is 55.0 Å². The maximum atomic E-state index is 12.4. The van der Waals surface area contributed by atoms with E-state index in [9.17, 15) is 13.2 Å². The third kappa shape index (κ3) is 5.26. The predicted octanol–water partition coefficient (Wildman–Crippen LogP) is 4.08. The van der Waals surface area contributed by atoms with Gasteiger partial charge in [0.05, 0.1) is 18.0 Å². The topological polar surface area (TPSA) is 66.5 Å². The summed E-state index contributed by atoms with van der Waals surface area (Å²) in [7, 11) is -3.46. The molecule has 1 N–H and O–H groups in total. The lowest BCUT2D eigenvalue weighted by atomic mass is 9.87. The van der Waals surface area contributed by atoms with Gasteiger partial charge in [0.25, 0.3) is 0 Å². The highest BCUT2D eigenvalue weighted by molar-refractivity contribution is 7.92. The van der Waals surface area contributed by atoms with Crippen LogP contribution in [0.2, 0.25) is 5.02 Å². The van der Waals surface area contributed by atoms with Crippen molar-refractivity contribution >= 4 is 33.2 Å². The molecule has 0 fully saturated rings. The maximum absolute atomic E-state index is 12.4. The third-order valence-electron chi connectivity index (χ3n) is 4.97. The molecule has 1 aliphatic rings. The number of nitrogens with one attached hydrogen (secondary N) is 1. The van der Waals surface area contributed by atoms with Crippen LogP contribution in [0.15, 0.2) is 48.5 Å². The van der Waals surface area contributed by atoms with Gasteiger partial charge in [0.2, 0.25) is 15.9 Å². The molecule has 0 radical (unpaired) electrons. The van der Waals surface area contributed by atoms with Gasteiger partial charge in [-0.3, -0.25) is 9.10 Å². The Morgan fingerprint density at radius 3 is 2.75 bits per heavy atom. The van der Waals surface area contributed by atoms with Gasteiger partial charge in [-0.25, -0.2) is 8.42 Å². The molecule has 2 aromatic carbocycles. The Hall–Kier alpha value is -2.05. The Balaban J connectivity index is 1.58. The van der Waals surface area contributed by atoms with Crippen molar-refractivity contribution < 1.29 is 13.2 Å². The molecule has 1 amide bonds. The number of amides is 1. The van der Waals surface area contributed by atoms with Crippen molar-refractivity contribution in [2.24, 2.45) is 0 Å². The first-order chi connectivity index (χ1) is 13.3. The van der Waals surface area contributed by atoms with E-state index in [1.54, 1.807) is 24.3 Å². The molecule has 2 aromatic rings. The average molecular weight is 421 g/mol. The second-order valence-corrected chi connectivity index (χ2v) is 9.47. The third-order valence-corrected chi connectivity index (χ3v) is 6.40. The fourth-order valence-electron chi connectivity index (χ4n) is 3.67. The molecule has 0 spiro atoms. The van der Waals surface area contributed by atoms with Crippen LogP contribution in [-0.4, -0.2) is 27.1 Å². The van der Waals surface area contributed by atoms with E-state index in [-0.39, 0.29) is 24.9 Å². The summed E-state index contributed by atoms with van der Waals surface area (Å²) < 4.78 is 25.6. The Bertz CT molecular complexity index is 946. The first kappa shape index (κ1) is 20.7. The smallest absolute Gasteiger partial charge is 0.232 e. The molecule has 0 saturated heterocycles. The number of fused-ring (bicyclic) bond motifs is 1. The molecule has 28 heavy (non-hydrogen) atoms. The molecule has 5 nitrogen and oxygen atoms in total. The Morgan fingerprint density at radius 2 is 2.00 bits per heavy atom. The second-order valence-electron chi connectivity index (χ2n) is 7.13. The van der Waals surface area contributed by atoms with E-state index in [0.29, 0.717) is 17.1 Å². The molecule has 0 aliphatic heterocycles. The first-order valence-corrected chi connectivity index (χ1v) is 11.7. The number of aryl methyl sites for hydroxylation is 1. The standard InChI is InChI=1S/C21H25ClN2O3S/c1-28(26,27)24(18-10-5-9-17(22)15-18)14-6-13-21(25)23-20-12-4-8-16-7-2-3-11-19(16)20/h2-3,5,7,9-11,15,20H,4,6,8,12-14H2,1H3,(H,23,25)/t20-/m1/s1. The van der Waals surface area contributed by atoms with Crippen molar-refractivity contribution in [2.45, 2.75) is 38.1 Å². The number of carbonyl (C=O) groups excluding carboxylic acids is 1. The molecule has 7 heteroatoms. The number of hydrogen-bond acceptors (Lipinski definition) is 3. The van der Waals surface area contributed by atoms with Crippen LogP contribution in [0.25, 0.3) is 0 Å². The van der Waals surface area contributed by atoms with Crippen LogP contribution in [0.3, 0.4) is 0 Å². The minimum Gasteiger partial charge on any atom is -0.349 e. The van der Waals surface area contributed by atoms with Crippen LogP contribution in [0.1, 0.15) is 42.9 Å². The van der Waals surface area contributed by atoms with Crippen molar-refractivity contribution in [3.05, 3.63) is 64.7 Å². The van der Waals surface area contributed by atoms with Crippen molar-refractivity contribution in [3.63, 3.8) is 0 Å². The molecular weight excluding hydrogens is 396 g/mol. The molecule has 0 unspecified atom stereocenters. The Labute approximate surface area is 171 Å². The van der Waals surface area contributed by atoms with Gasteiger partial charge in [-0.15, -0.1) is 0 Å². The highest BCUT2D eigenvalue weighted by Gasteiger charge is 2.22. The number of carbonyl (C=O) groups is 1. The van der Waals surface area contributed by atoms with E-state index >= 15 is 0 Å². The summed E-state index contributed by atoms with van der Waals surface area (Å²) in [5, 5.41) is 3.58. The maximum Gasteiger partial charge on any atom is 0.232 e. The van der Waals surface area contributed by atoms with Crippen molar-refractivity contribution in [2.75, 3.05) is 17.1 Å². The van der Waals surface area contributed by atoms with Gasteiger partial charge in [0, 0.05) is 18.0 Å². The van der Waals surface area contributed by atoms with Crippen molar-refractivity contribution in [1.29, 1.82) is 0 Å². The average Bonchev–Trinajstić information content (AvgIpc) is 2.64. The number of halogens is 1. The van der Waals surface area contributed by atoms with E-state index in [0.717, 1.165) is 25.5 Å². The summed E-state index contributed by atoms with van der Waals surface area (Å²) in [6, 6.07) is 15.0. The normalized spacial score (nSPS) is 16.3. The summed E-state index contributed by atoms with van der Waals surface area (Å²) in [5.74, 6) is -0.0544. The molecule has 0 bridgehead atoms. The fourth-order valence-corrected chi connectivity index (χ4v) is 4.81. The molecular formula is C21H25ClN2O3S. The lowest BCUT2D eigenvalue weighted by Crippen LogP contribution is -2.33. The quantitative estimate of drug-likeness (QED) is 0.733. The Kier molecular flexibility index (Phi) is 6.62. The van der Waals surface area contributed by atoms with Crippen LogP contribution in [-0.2, 0) is 21.2 Å². The van der Waals surface area contributed by atoms with Gasteiger partial charge in [0.15, 0.2) is 0 Å². The number of sulfonamides is 1. The van der Waals surface area contributed by atoms with E-state index in [2.05, 4.69) is 17.4 Å². The van der Waals surface area contributed by atoms with E-state index < -0.39 is 10.0 Å². The molecule has 0 saturated carbocycles. The van der Waals surface area contributed by atoms with Gasteiger partial charge < -0.3 is 5.32 Å². The molecule has 1 aliphatic carbocycles. The summed E-state index contributed by atoms with van der Waals surface area (Å²) in [6.45, 7) is 0.230. The molecule has 0 heterocycles. The van der Waals surface area contributed by atoms with Crippen LogP contribution >= 0.6 is 11.6 Å². The number of hydrogen-bond donors (Lipinski definition) is 1. The van der Waals surface area contributed by atoms with Crippen molar-refractivity contribution in [1.82, 2.24) is 5.32 Å². The number of anilines is 1. The number of rotatable bonds is 7. The summed E-state index contributed by atoms with van der Waals surface area (Å²) in [5.41, 5.74) is 3.00. The molecule has 3 rings (SSSR count). The Morgan fingerprint density at radius 1 is 1.21 bits per heavy atom. The second kappa shape index (κ2) is 8.97. The predicted molar refractivity (Wildman–Crippen MR) is 113 cm³/mol. The lowest BCUT2D eigenvalue weighted by Gasteiger charge is -2.26. The minimum atomic E-state index is -3.46. The van der Waals surface area contributed by atoms with Crippen LogP contribution in [0.4, 0.5) is 5.69 Å². The summed E-state index contributed by atoms with van der Waals surface area (Å²) in [4.78, 5) is 12.4. The summed E-state index contributed by atoms with van der Waals surface area (Å²) >= 11 is 5.99. The number of benzene rings is 2. The zero-order valence-corrected chi connectivity index (χ0v) is 17.5. The highest BCUT2D eigenvalue weighted by atomic mass is 35.5. The first-order valence-electron chi connectivity index (χ1n) is 9.45. The molecule has 0 aromatic heterocycles. The molecule has 150 valence electrons. The van der Waals surface area contributed by atoms with Crippen LogP contribution < -0.4 is 9.62 Å². The number of nitrogens with zero attached hydrogens (tertiary/aromatic N) is 1. The van der Waals surface area contributed by atoms with E-state index in [1.165, 1.54) is 15.4 Å². The van der Waals surface area contributed by atoms with Gasteiger partial charge in [-0.2, -0.15) is 0 Å². The highest BCUT2D eigenvalue weighted by Crippen LogP contribution is 2.29. The van der Waals surface area contributed by atoms with Gasteiger partial charge in [0.1, 0.15) is 0 Å².